The summed E-state index contributed by atoms with van der Waals surface area (Å²) in [7, 11) is 0. The van der Waals surface area contributed by atoms with E-state index in [1.807, 2.05) is 53.4 Å². The highest BCUT2D eigenvalue weighted by Gasteiger charge is 2.24. The van der Waals surface area contributed by atoms with E-state index in [2.05, 4.69) is 27.3 Å². The second-order valence-corrected chi connectivity index (χ2v) is 8.05. The Kier molecular flexibility index (Phi) is 5.76. The fourth-order valence-corrected chi connectivity index (χ4v) is 4.16. The minimum atomic E-state index is -0.223. The molecule has 2 aromatic heterocycles. The van der Waals surface area contributed by atoms with Gasteiger partial charge in [-0.15, -0.1) is 0 Å². The minimum Gasteiger partial charge on any atom is -0.375 e. The molecule has 0 atom stereocenters. The smallest absolute Gasteiger partial charge is 0.281 e. The minimum absolute atomic E-state index is 0.0993. The number of para-hydroxylation sites is 1. The maximum atomic E-state index is 13.3. The van der Waals surface area contributed by atoms with Crippen molar-refractivity contribution in [1.29, 1.82) is 0 Å². The number of fused-ring (bicyclic) bond motifs is 1. The van der Waals surface area contributed by atoms with Crippen molar-refractivity contribution in [3.05, 3.63) is 107 Å². The van der Waals surface area contributed by atoms with Crippen LogP contribution in [0.5, 0.6) is 0 Å². The first-order chi connectivity index (χ1) is 16.2. The fourth-order valence-electron chi connectivity index (χ4n) is 4.16. The maximum absolute atomic E-state index is 13.3. The molecule has 1 saturated heterocycles. The zero-order valence-corrected chi connectivity index (χ0v) is 18.2. The van der Waals surface area contributed by atoms with Crippen molar-refractivity contribution in [3.63, 3.8) is 0 Å². The summed E-state index contributed by atoms with van der Waals surface area (Å²) in [5.74, 6) is -0.0993. The highest BCUT2D eigenvalue weighted by atomic mass is 16.2. The molecule has 1 fully saturated rings. The molecule has 4 aromatic rings. The molecule has 166 valence electrons. The van der Waals surface area contributed by atoms with Gasteiger partial charge in [0, 0.05) is 44.6 Å². The number of carbonyl (C=O) groups is 1. The van der Waals surface area contributed by atoms with E-state index in [4.69, 9.17) is 0 Å². The van der Waals surface area contributed by atoms with Gasteiger partial charge in [0.05, 0.1) is 11.8 Å². The first kappa shape index (κ1) is 20.8. The van der Waals surface area contributed by atoms with Gasteiger partial charge in [-0.1, -0.05) is 48.5 Å². The lowest BCUT2D eigenvalue weighted by Crippen LogP contribution is -2.49. The van der Waals surface area contributed by atoms with Gasteiger partial charge in [-0.05, 0) is 29.8 Å². The first-order valence-electron chi connectivity index (χ1n) is 11.1. The van der Waals surface area contributed by atoms with Crippen LogP contribution in [-0.2, 0) is 6.54 Å². The van der Waals surface area contributed by atoms with Crippen molar-refractivity contribution in [1.82, 2.24) is 14.3 Å². The van der Waals surface area contributed by atoms with Crippen LogP contribution in [-0.4, -0.2) is 46.4 Å². The third kappa shape index (κ3) is 4.30. The topological polar surface area (TPSA) is 69.9 Å². The van der Waals surface area contributed by atoms with Gasteiger partial charge in [-0.3, -0.25) is 14.0 Å². The van der Waals surface area contributed by atoms with Crippen LogP contribution in [0.25, 0.3) is 5.65 Å². The number of aromatic nitrogens is 2. The Morgan fingerprint density at radius 1 is 0.879 bits per heavy atom. The Hall–Kier alpha value is -4.13. The van der Waals surface area contributed by atoms with Crippen molar-refractivity contribution in [2.75, 3.05) is 36.4 Å². The number of carbonyl (C=O) groups excluding carboxylic acids is 1. The van der Waals surface area contributed by atoms with Gasteiger partial charge in [0.15, 0.2) is 5.65 Å². The standard InChI is InChI=1S/C26H25N5O2/c32-25(30-16-14-29(15-17-30)21-10-5-2-6-11-21)22-12-7-13-31-24(22)28-19-23(26(31)33)27-18-20-8-3-1-4-9-20/h1-13,19,27H,14-18H2. The largest absolute Gasteiger partial charge is 0.375 e. The van der Waals surface area contributed by atoms with Gasteiger partial charge in [-0.25, -0.2) is 4.98 Å². The summed E-state index contributed by atoms with van der Waals surface area (Å²) in [5, 5.41) is 3.16. The Morgan fingerprint density at radius 3 is 2.30 bits per heavy atom. The van der Waals surface area contributed by atoms with Crippen molar-refractivity contribution < 1.29 is 4.79 Å². The molecule has 0 unspecified atom stereocenters. The van der Waals surface area contributed by atoms with E-state index < -0.39 is 0 Å². The summed E-state index contributed by atoms with van der Waals surface area (Å²) in [4.78, 5) is 34.9. The Bertz CT molecular complexity index is 1310. The molecule has 0 saturated carbocycles. The van der Waals surface area contributed by atoms with Gasteiger partial charge >= 0.3 is 0 Å². The molecule has 1 aliphatic heterocycles. The number of nitrogens with zero attached hydrogens (tertiary/aromatic N) is 4. The van der Waals surface area contributed by atoms with E-state index in [9.17, 15) is 9.59 Å². The lowest BCUT2D eigenvalue weighted by atomic mass is 10.2. The molecular formula is C26H25N5O2. The molecule has 1 aliphatic rings. The van der Waals surface area contributed by atoms with E-state index in [-0.39, 0.29) is 11.5 Å². The molecule has 1 N–H and O–H groups in total. The molecule has 7 heteroatoms. The number of amides is 1. The first-order valence-corrected chi connectivity index (χ1v) is 11.1. The van der Waals surface area contributed by atoms with Gasteiger partial charge in [0.25, 0.3) is 11.5 Å². The van der Waals surface area contributed by atoms with Crippen LogP contribution in [0.4, 0.5) is 11.4 Å². The predicted molar refractivity (Wildman–Crippen MR) is 130 cm³/mol. The van der Waals surface area contributed by atoms with E-state index in [0.717, 1.165) is 18.7 Å². The van der Waals surface area contributed by atoms with Gasteiger partial charge in [0.2, 0.25) is 0 Å². The summed E-state index contributed by atoms with van der Waals surface area (Å²) in [6.07, 6.45) is 3.17. The van der Waals surface area contributed by atoms with E-state index >= 15 is 0 Å². The van der Waals surface area contributed by atoms with Crippen LogP contribution < -0.4 is 15.8 Å². The van der Waals surface area contributed by atoms with E-state index in [0.29, 0.717) is 36.5 Å². The number of hydrogen-bond donors (Lipinski definition) is 1. The number of anilines is 2. The average Bonchev–Trinajstić information content (AvgIpc) is 2.89. The van der Waals surface area contributed by atoms with Crippen LogP contribution in [0, 0.1) is 0 Å². The van der Waals surface area contributed by atoms with Crippen LogP contribution in [0.1, 0.15) is 15.9 Å². The van der Waals surface area contributed by atoms with Gasteiger partial charge in [0.1, 0.15) is 5.69 Å². The lowest BCUT2D eigenvalue weighted by molar-refractivity contribution is 0.0748. The monoisotopic (exact) mass is 439 g/mol. The predicted octanol–water partition coefficient (Wildman–Crippen LogP) is 3.27. The number of pyridine rings is 1. The number of benzene rings is 2. The molecular weight excluding hydrogens is 414 g/mol. The lowest BCUT2D eigenvalue weighted by Gasteiger charge is -2.36. The molecule has 5 rings (SSSR count). The van der Waals surface area contributed by atoms with Gasteiger partial charge < -0.3 is 15.1 Å². The van der Waals surface area contributed by atoms with Crippen LogP contribution >= 0.6 is 0 Å². The highest BCUT2D eigenvalue weighted by Crippen LogP contribution is 2.18. The average molecular weight is 440 g/mol. The number of nitrogens with one attached hydrogen (secondary N) is 1. The molecule has 0 aliphatic carbocycles. The second-order valence-electron chi connectivity index (χ2n) is 8.05. The van der Waals surface area contributed by atoms with E-state index in [1.54, 1.807) is 18.3 Å². The molecule has 1 amide bonds. The third-order valence-corrected chi connectivity index (χ3v) is 5.98. The van der Waals surface area contributed by atoms with Crippen LogP contribution in [0.15, 0.2) is 90.0 Å². The van der Waals surface area contributed by atoms with Crippen molar-refractivity contribution in [3.8, 4) is 0 Å². The van der Waals surface area contributed by atoms with E-state index in [1.165, 1.54) is 16.3 Å². The zero-order valence-electron chi connectivity index (χ0n) is 18.2. The molecule has 0 spiro atoms. The fraction of sp³-hybridized carbons (Fsp3) is 0.192. The number of hydrogen-bond acceptors (Lipinski definition) is 5. The Balaban J connectivity index is 1.34. The molecule has 7 nitrogen and oxygen atoms in total. The molecule has 2 aromatic carbocycles. The summed E-state index contributed by atoms with van der Waals surface area (Å²) in [5.41, 5.74) is 3.23. The SMILES string of the molecule is O=C(c1cccn2c(=O)c(NCc3ccccc3)cnc12)N1CCN(c2ccccc2)CC1. The molecule has 0 bridgehead atoms. The maximum Gasteiger partial charge on any atom is 0.281 e. The normalized spacial score (nSPS) is 13.8. The summed E-state index contributed by atoms with van der Waals surface area (Å²) in [6.45, 7) is 3.29. The number of piperazine rings is 1. The second kappa shape index (κ2) is 9.16. The number of rotatable bonds is 5. The molecule has 33 heavy (non-hydrogen) atoms. The zero-order chi connectivity index (χ0) is 22.6. The van der Waals surface area contributed by atoms with Crippen LogP contribution in [0.3, 0.4) is 0 Å². The molecule has 3 heterocycles. The summed E-state index contributed by atoms with van der Waals surface area (Å²) in [6, 6.07) is 23.5. The Labute approximate surface area is 191 Å². The van der Waals surface area contributed by atoms with Gasteiger partial charge in [-0.2, -0.15) is 0 Å². The summed E-state index contributed by atoms with van der Waals surface area (Å²) >= 11 is 0. The Morgan fingerprint density at radius 2 is 1.58 bits per heavy atom. The third-order valence-electron chi connectivity index (χ3n) is 5.98. The highest BCUT2D eigenvalue weighted by molar-refractivity contribution is 6.00. The van der Waals surface area contributed by atoms with Crippen molar-refractivity contribution >= 4 is 22.9 Å². The quantitative estimate of drug-likeness (QED) is 0.517. The molecule has 0 radical (unpaired) electrons. The van der Waals surface area contributed by atoms with Crippen molar-refractivity contribution in [2.24, 2.45) is 0 Å². The summed E-state index contributed by atoms with van der Waals surface area (Å²) < 4.78 is 1.45. The van der Waals surface area contributed by atoms with Crippen molar-refractivity contribution in [2.45, 2.75) is 6.54 Å². The van der Waals surface area contributed by atoms with Crippen LogP contribution in [0.2, 0.25) is 0 Å².